The molecular weight excluding hydrogens is 748 g/mol. The summed E-state index contributed by atoms with van der Waals surface area (Å²) in [5, 5.41) is 16.6. The van der Waals surface area contributed by atoms with Gasteiger partial charge in [0.1, 0.15) is 22.4 Å². The monoisotopic (exact) mass is 818 g/mol. The summed E-state index contributed by atoms with van der Waals surface area (Å²) in [6.07, 6.45) is 2.34. The van der Waals surface area contributed by atoms with E-state index in [0.717, 1.165) is 12.2 Å². The van der Waals surface area contributed by atoms with Crippen molar-refractivity contribution in [3.8, 4) is 0 Å². The topological polar surface area (TPSA) is 232 Å². The van der Waals surface area contributed by atoms with E-state index >= 15 is 0 Å². The molecule has 2 unspecified atom stereocenters. The molecule has 330 valence electrons. The van der Waals surface area contributed by atoms with Gasteiger partial charge in [-0.05, 0) is 95.9 Å². The van der Waals surface area contributed by atoms with Crippen LogP contribution in [0.3, 0.4) is 0 Å². The normalized spacial score (nSPS) is 12.3. The zero-order chi connectivity index (χ0) is 44.8. The number of carboxylic acid groups (broad SMARTS) is 2. The number of rotatable bonds is 17. The Bertz CT molecular complexity index is 1280. The van der Waals surface area contributed by atoms with Crippen LogP contribution in [0.2, 0.25) is 0 Å². The van der Waals surface area contributed by atoms with Gasteiger partial charge in [0.2, 0.25) is 0 Å². The Labute approximate surface area is 339 Å². The Hall–Kier alpha value is -4.76. The molecule has 0 radical (unpaired) electrons. The van der Waals surface area contributed by atoms with Gasteiger partial charge in [-0.15, -0.1) is 0 Å². The van der Waals surface area contributed by atoms with Crippen LogP contribution in [0.1, 0.15) is 130 Å². The zero-order valence-electron chi connectivity index (χ0n) is 35.7. The van der Waals surface area contributed by atoms with Crippen LogP contribution >= 0.6 is 0 Å². The van der Waals surface area contributed by atoms with Gasteiger partial charge >= 0.3 is 47.8 Å². The van der Waals surface area contributed by atoms with Gasteiger partial charge in [0.25, 0.3) is 0 Å². The van der Waals surface area contributed by atoms with Crippen LogP contribution in [-0.4, -0.2) is 93.6 Å². The molecule has 0 heterocycles. The van der Waals surface area contributed by atoms with Gasteiger partial charge in [0.05, 0.1) is 25.0 Å². The van der Waals surface area contributed by atoms with Crippen LogP contribution in [0.15, 0.2) is 25.3 Å². The molecule has 0 rings (SSSR count). The molecule has 2 N–H and O–H groups in total. The molecule has 0 bridgehead atoms. The highest BCUT2D eigenvalue weighted by Gasteiger charge is 2.36. The molecule has 0 amide bonds. The fraction of sp³-hybridized carbons (Fsp3) is 0.707. The lowest BCUT2D eigenvalue weighted by Gasteiger charge is -2.26. The Kier molecular flexibility index (Phi) is 27.9. The summed E-state index contributed by atoms with van der Waals surface area (Å²) in [5.41, 5.74) is -3.02. The van der Waals surface area contributed by atoms with Crippen molar-refractivity contribution in [2.24, 2.45) is 23.7 Å². The average Bonchev–Trinajstić information content (AvgIpc) is 3.00. The van der Waals surface area contributed by atoms with Crippen LogP contribution in [0.4, 0.5) is 0 Å². The minimum atomic E-state index is -1.22. The fourth-order valence-electron chi connectivity index (χ4n) is 3.84. The molecule has 0 aliphatic carbocycles. The first kappa shape index (κ1) is 58.9. The van der Waals surface area contributed by atoms with E-state index in [0.29, 0.717) is 6.42 Å². The number of aliphatic carboxylic acids is 2. The molecule has 0 fully saturated rings. The van der Waals surface area contributed by atoms with Crippen LogP contribution in [0.5, 0.6) is 0 Å². The number of carboxylic acids is 2. The molecule has 0 aromatic rings. The molecule has 57 heavy (non-hydrogen) atoms. The van der Waals surface area contributed by atoms with Crippen molar-refractivity contribution in [3.63, 3.8) is 0 Å². The second-order valence-corrected chi connectivity index (χ2v) is 16.5. The zero-order valence-corrected chi connectivity index (χ0v) is 35.7. The van der Waals surface area contributed by atoms with E-state index in [2.05, 4.69) is 13.2 Å². The van der Waals surface area contributed by atoms with E-state index in [9.17, 15) is 38.4 Å². The van der Waals surface area contributed by atoms with Gasteiger partial charge < -0.3 is 38.6 Å². The van der Waals surface area contributed by atoms with E-state index in [1.807, 2.05) is 0 Å². The molecule has 0 aromatic heterocycles. The average molecular weight is 819 g/mol. The van der Waals surface area contributed by atoms with Gasteiger partial charge in [-0.3, -0.25) is 28.8 Å². The van der Waals surface area contributed by atoms with Crippen molar-refractivity contribution in [1.29, 1.82) is 0 Å². The molecule has 0 aliphatic rings. The summed E-state index contributed by atoms with van der Waals surface area (Å²) in [7, 11) is 0. The lowest BCUT2D eigenvalue weighted by molar-refractivity contribution is -0.178. The summed E-state index contributed by atoms with van der Waals surface area (Å²) in [4.78, 5) is 92.7. The van der Waals surface area contributed by atoms with Crippen LogP contribution in [0.25, 0.3) is 0 Å². The lowest BCUT2D eigenvalue weighted by Crippen LogP contribution is -2.37. The minimum absolute atomic E-state index is 0. The van der Waals surface area contributed by atoms with Crippen LogP contribution in [0, 0.1) is 23.7 Å². The maximum absolute atomic E-state index is 12.4. The Morgan fingerprint density at radius 2 is 0.860 bits per heavy atom. The highest BCUT2D eigenvalue weighted by Crippen LogP contribution is 2.22. The van der Waals surface area contributed by atoms with E-state index < -0.39 is 93.8 Å². The molecule has 16 heteroatoms. The third kappa shape index (κ3) is 33.1. The Morgan fingerprint density at radius 1 is 0.561 bits per heavy atom. The first-order valence-electron chi connectivity index (χ1n) is 18.2. The van der Waals surface area contributed by atoms with Crippen LogP contribution < -0.4 is 0 Å². The number of ether oxygens (including phenoxy) is 6. The summed E-state index contributed by atoms with van der Waals surface area (Å²) in [6, 6.07) is 0. The van der Waals surface area contributed by atoms with Crippen LogP contribution in [-0.2, 0) is 66.8 Å². The Morgan fingerprint density at radius 3 is 1.09 bits per heavy atom. The highest BCUT2D eigenvalue weighted by atomic mass is 16.6. The molecule has 0 aromatic carbocycles. The van der Waals surface area contributed by atoms with Gasteiger partial charge in [-0.2, -0.15) is 0 Å². The Balaban J connectivity index is -0.000000444. The quantitative estimate of drug-likeness (QED) is 0.0676. The molecule has 0 aliphatic heterocycles. The van der Waals surface area contributed by atoms with Crippen molar-refractivity contribution in [2.75, 3.05) is 13.2 Å². The van der Waals surface area contributed by atoms with Gasteiger partial charge in [0, 0.05) is 25.0 Å². The maximum atomic E-state index is 12.4. The van der Waals surface area contributed by atoms with Crippen molar-refractivity contribution >= 4 is 47.8 Å². The summed E-state index contributed by atoms with van der Waals surface area (Å²) >= 11 is 0. The molecule has 0 saturated carbocycles. The third-order valence-corrected chi connectivity index (χ3v) is 6.29. The lowest BCUT2D eigenvalue weighted by atomic mass is 9.94. The summed E-state index contributed by atoms with van der Waals surface area (Å²) in [5.74, 6) is -9.62. The largest absolute Gasteiger partial charge is 0.481 e. The van der Waals surface area contributed by atoms with Gasteiger partial charge in [-0.25, -0.2) is 9.59 Å². The number of hydrogen-bond acceptors (Lipinski definition) is 14. The molecule has 2 atom stereocenters. The maximum Gasteiger partial charge on any atom is 0.330 e. The summed E-state index contributed by atoms with van der Waals surface area (Å²) < 4.78 is 31.1. The smallest absolute Gasteiger partial charge is 0.330 e. The SMILES string of the molecule is C.C=CC(=O)O.C=CC(=O)OCCC(C(=O)OC(C)(C)C)C(=O)OC(C)(C)C.CCC(CC(C)C(=O)O)C(=O)OCCC(C(=O)OC(C)(C)C)C(=O)OC(C)(C)C. The standard InChI is InChI=1S/C21H36O8.C16H26O6.C3H4O2.CH4/c1-9-14(12-13(2)16(22)23)17(24)27-11-10-15(18(25)28-20(3,4)5)19(26)29-21(6,7)8;1-8-12(17)20-10-9-11(13(18)21-15(2,3)4)14(19)22-16(5,6)7;1-2-3(4)5;/h13-15H,9-12H2,1-8H3,(H,22,23);8,11H,1,9-10H2,2-7H3;2H,1H2,(H,4,5);1H4. The number of esters is 6. The minimum Gasteiger partial charge on any atom is -0.481 e. The summed E-state index contributed by atoms with van der Waals surface area (Å²) in [6.45, 7) is 29.6. The van der Waals surface area contributed by atoms with Crippen molar-refractivity contribution in [2.45, 2.75) is 152 Å². The second-order valence-electron chi connectivity index (χ2n) is 16.5. The van der Waals surface area contributed by atoms with Gasteiger partial charge in [0.15, 0.2) is 11.8 Å². The number of carbonyl (C=O) groups excluding carboxylic acids is 6. The number of hydrogen-bond donors (Lipinski definition) is 2. The fourth-order valence-corrected chi connectivity index (χ4v) is 3.84. The molecule has 0 saturated heterocycles. The van der Waals surface area contributed by atoms with E-state index in [1.54, 1.807) is 90.0 Å². The molecular formula is C41H70O16. The molecule has 16 nitrogen and oxygen atoms in total. The predicted octanol–water partition coefficient (Wildman–Crippen LogP) is 6.65. The number of carbonyl (C=O) groups is 8. The first-order chi connectivity index (χ1) is 25.2. The van der Waals surface area contributed by atoms with E-state index in [4.69, 9.17) is 38.6 Å². The second kappa shape index (κ2) is 27.0. The van der Waals surface area contributed by atoms with E-state index in [1.165, 1.54) is 6.92 Å². The molecule has 0 spiro atoms. The van der Waals surface area contributed by atoms with Crippen molar-refractivity contribution in [1.82, 2.24) is 0 Å². The van der Waals surface area contributed by atoms with E-state index in [-0.39, 0.29) is 39.9 Å². The van der Waals surface area contributed by atoms with Crippen molar-refractivity contribution < 1.29 is 77.0 Å². The van der Waals surface area contributed by atoms with Crippen molar-refractivity contribution in [3.05, 3.63) is 25.3 Å². The first-order valence-corrected chi connectivity index (χ1v) is 18.2. The highest BCUT2D eigenvalue weighted by molar-refractivity contribution is 5.96. The van der Waals surface area contributed by atoms with Gasteiger partial charge in [-0.1, -0.05) is 34.4 Å². The predicted molar refractivity (Wildman–Crippen MR) is 211 cm³/mol. The third-order valence-electron chi connectivity index (χ3n) is 6.29.